The highest BCUT2D eigenvalue weighted by Crippen LogP contribution is 2.10. The van der Waals surface area contributed by atoms with Crippen molar-refractivity contribution in [3.8, 4) is 0 Å². The summed E-state index contributed by atoms with van der Waals surface area (Å²) in [5.74, 6) is -4.39. The monoisotopic (exact) mass is 174 g/mol. The molecule has 0 bridgehead atoms. The molecule has 0 aliphatic rings. The van der Waals surface area contributed by atoms with Gasteiger partial charge in [-0.2, -0.15) is 0 Å². The summed E-state index contributed by atoms with van der Waals surface area (Å²) in [6, 6.07) is 0. The van der Waals surface area contributed by atoms with E-state index in [9.17, 15) is 14.4 Å². The first-order valence-corrected chi connectivity index (χ1v) is 3.40. The van der Waals surface area contributed by atoms with Crippen molar-refractivity contribution in [2.24, 2.45) is 11.8 Å². The average Bonchev–Trinajstić information content (AvgIpc) is 1.98. The fourth-order valence-corrected chi connectivity index (χ4v) is 0.696. The summed E-state index contributed by atoms with van der Waals surface area (Å²) >= 11 is 0. The van der Waals surface area contributed by atoms with Gasteiger partial charge in [-0.1, -0.05) is 6.92 Å². The van der Waals surface area contributed by atoms with Gasteiger partial charge in [0.1, 0.15) is 12.2 Å². The highest BCUT2D eigenvalue weighted by molar-refractivity contribution is 5.87. The lowest BCUT2D eigenvalue weighted by Crippen LogP contribution is -2.21. The molecule has 0 saturated heterocycles. The first-order chi connectivity index (χ1) is 5.49. The van der Waals surface area contributed by atoms with Crippen molar-refractivity contribution in [2.45, 2.75) is 13.3 Å². The van der Waals surface area contributed by atoms with Crippen LogP contribution in [-0.4, -0.2) is 28.4 Å². The van der Waals surface area contributed by atoms with E-state index in [1.807, 2.05) is 0 Å². The molecule has 68 valence electrons. The maximum Gasteiger partial charge on any atom is 0.313 e. The first-order valence-electron chi connectivity index (χ1n) is 3.40. The second kappa shape index (κ2) is 4.48. The zero-order chi connectivity index (χ0) is 9.72. The van der Waals surface area contributed by atoms with Gasteiger partial charge in [0.05, 0.1) is 5.92 Å². The van der Waals surface area contributed by atoms with Gasteiger partial charge in [-0.05, 0) is 6.42 Å². The summed E-state index contributed by atoms with van der Waals surface area (Å²) in [6.07, 6.45) is 0.0932. The topological polar surface area (TPSA) is 91.7 Å². The third kappa shape index (κ3) is 3.14. The van der Waals surface area contributed by atoms with Crippen LogP contribution in [0.2, 0.25) is 0 Å². The molecule has 12 heavy (non-hydrogen) atoms. The molecular formula is C7H10O5. The van der Waals surface area contributed by atoms with Crippen LogP contribution in [0.5, 0.6) is 0 Å². The maximum atomic E-state index is 10.3. The van der Waals surface area contributed by atoms with E-state index in [2.05, 4.69) is 0 Å². The minimum absolute atomic E-state index is 0.159. The Bertz CT molecular complexity index is 198. The van der Waals surface area contributed by atoms with E-state index < -0.39 is 23.8 Å². The molecule has 0 fully saturated rings. The number of aliphatic carboxylic acids is 2. The van der Waals surface area contributed by atoms with Crippen LogP contribution in [0, 0.1) is 11.8 Å². The van der Waals surface area contributed by atoms with E-state index in [-0.39, 0.29) is 12.7 Å². The van der Waals surface area contributed by atoms with Gasteiger partial charge in [0.2, 0.25) is 0 Å². The summed E-state index contributed by atoms with van der Waals surface area (Å²) in [6.45, 7) is 1.36. The van der Waals surface area contributed by atoms with Crippen molar-refractivity contribution in [2.75, 3.05) is 0 Å². The number of rotatable bonds is 5. The van der Waals surface area contributed by atoms with Gasteiger partial charge in [0.15, 0.2) is 0 Å². The lowest BCUT2D eigenvalue weighted by atomic mass is 9.97. The first kappa shape index (κ1) is 10.6. The fraction of sp³-hybridized carbons (Fsp3) is 0.571. The fourth-order valence-electron chi connectivity index (χ4n) is 0.696. The molecule has 0 spiro atoms. The third-order valence-electron chi connectivity index (χ3n) is 1.51. The number of carbonyl (C=O) groups excluding carboxylic acids is 1. The van der Waals surface area contributed by atoms with Crippen LogP contribution in [0.4, 0.5) is 0 Å². The van der Waals surface area contributed by atoms with Gasteiger partial charge >= 0.3 is 11.9 Å². The SMILES string of the molecule is CC(CC(C=O)C(=O)O)C(=O)O. The Hall–Kier alpha value is -1.39. The quantitative estimate of drug-likeness (QED) is 0.452. The highest BCUT2D eigenvalue weighted by Gasteiger charge is 2.22. The Morgan fingerprint density at radius 2 is 1.83 bits per heavy atom. The minimum Gasteiger partial charge on any atom is -0.481 e. The van der Waals surface area contributed by atoms with Crippen molar-refractivity contribution in [3.05, 3.63) is 0 Å². The van der Waals surface area contributed by atoms with Gasteiger partial charge < -0.3 is 15.0 Å². The maximum absolute atomic E-state index is 10.3. The molecule has 0 aliphatic carbocycles. The van der Waals surface area contributed by atoms with Gasteiger partial charge in [-0.15, -0.1) is 0 Å². The lowest BCUT2D eigenvalue weighted by molar-refractivity contribution is -0.146. The van der Waals surface area contributed by atoms with Crippen molar-refractivity contribution < 1.29 is 24.6 Å². The Labute approximate surface area is 69.0 Å². The van der Waals surface area contributed by atoms with Crippen molar-refractivity contribution >= 4 is 18.2 Å². The third-order valence-corrected chi connectivity index (χ3v) is 1.51. The summed E-state index contributed by atoms with van der Waals surface area (Å²) in [7, 11) is 0. The van der Waals surface area contributed by atoms with E-state index >= 15 is 0 Å². The molecule has 5 nitrogen and oxygen atoms in total. The van der Waals surface area contributed by atoms with Crippen molar-refractivity contribution in [1.29, 1.82) is 0 Å². The average molecular weight is 174 g/mol. The number of hydrogen-bond acceptors (Lipinski definition) is 3. The van der Waals surface area contributed by atoms with Crippen molar-refractivity contribution in [1.82, 2.24) is 0 Å². The van der Waals surface area contributed by atoms with E-state index in [0.717, 1.165) is 0 Å². The zero-order valence-corrected chi connectivity index (χ0v) is 6.56. The van der Waals surface area contributed by atoms with Gasteiger partial charge in [-0.3, -0.25) is 9.59 Å². The summed E-state index contributed by atoms with van der Waals surface area (Å²) in [5.41, 5.74) is 0. The van der Waals surface area contributed by atoms with Gasteiger partial charge in [0.25, 0.3) is 0 Å². The largest absolute Gasteiger partial charge is 0.481 e. The Balaban J connectivity index is 4.11. The lowest BCUT2D eigenvalue weighted by Gasteiger charge is -2.07. The van der Waals surface area contributed by atoms with E-state index in [1.165, 1.54) is 6.92 Å². The molecule has 0 amide bonds. The highest BCUT2D eigenvalue weighted by atomic mass is 16.4. The van der Waals surface area contributed by atoms with Crippen LogP contribution in [0.1, 0.15) is 13.3 Å². The summed E-state index contributed by atoms with van der Waals surface area (Å²) < 4.78 is 0. The smallest absolute Gasteiger partial charge is 0.313 e. The van der Waals surface area contributed by atoms with E-state index in [4.69, 9.17) is 10.2 Å². The molecular weight excluding hydrogens is 164 g/mol. The molecule has 0 rings (SSSR count). The predicted molar refractivity (Wildman–Crippen MR) is 38.6 cm³/mol. The molecule has 0 aromatic heterocycles. The van der Waals surface area contributed by atoms with Crippen LogP contribution in [0.3, 0.4) is 0 Å². The van der Waals surface area contributed by atoms with E-state index in [1.54, 1.807) is 0 Å². The van der Waals surface area contributed by atoms with Gasteiger partial charge in [-0.25, -0.2) is 0 Å². The molecule has 2 N–H and O–H groups in total. The van der Waals surface area contributed by atoms with Crippen LogP contribution in [-0.2, 0) is 14.4 Å². The summed E-state index contributed by atoms with van der Waals surface area (Å²) in [5, 5.41) is 16.8. The Morgan fingerprint density at radius 1 is 1.33 bits per heavy atom. The van der Waals surface area contributed by atoms with Gasteiger partial charge in [0, 0.05) is 0 Å². The molecule has 0 radical (unpaired) electrons. The molecule has 0 aromatic carbocycles. The Kier molecular flexibility index (Phi) is 3.96. The second-order valence-electron chi connectivity index (χ2n) is 2.56. The minimum atomic E-state index is -1.28. The normalized spacial score (nSPS) is 14.8. The zero-order valence-electron chi connectivity index (χ0n) is 6.56. The molecule has 0 saturated carbocycles. The standard InChI is InChI=1S/C7H10O5/c1-4(6(9)10)2-5(3-8)7(11)12/h3-5H,2H2,1H3,(H,9,10)(H,11,12). The predicted octanol–water partition coefficient (Wildman–Crippen LogP) is -0.00310. The summed E-state index contributed by atoms with van der Waals surface area (Å²) in [4.78, 5) is 30.7. The van der Waals surface area contributed by atoms with E-state index in [0.29, 0.717) is 0 Å². The van der Waals surface area contributed by atoms with Crippen molar-refractivity contribution in [3.63, 3.8) is 0 Å². The number of carbonyl (C=O) groups is 3. The second-order valence-corrected chi connectivity index (χ2v) is 2.56. The van der Waals surface area contributed by atoms with Crippen LogP contribution in [0.25, 0.3) is 0 Å². The number of hydrogen-bond donors (Lipinski definition) is 2. The molecule has 2 atom stereocenters. The van der Waals surface area contributed by atoms with Crippen LogP contribution < -0.4 is 0 Å². The number of carboxylic acids is 2. The number of aldehydes is 1. The number of carboxylic acid groups (broad SMARTS) is 2. The molecule has 0 heterocycles. The van der Waals surface area contributed by atoms with Crippen LogP contribution in [0.15, 0.2) is 0 Å². The molecule has 2 unspecified atom stereocenters. The molecule has 5 heteroatoms. The van der Waals surface area contributed by atoms with Crippen LogP contribution >= 0.6 is 0 Å². The Morgan fingerprint density at radius 3 is 2.08 bits per heavy atom. The molecule has 0 aromatic rings. The molecule has 0 aliphatic heterocycles.